The zero-order valence-corrected chi connectivity index (χ0v) is 14.9. The van der Waals surface area contributed by atoms with Crippen molar-refractivity contribution in [3.63, 3.8) is 0 Å². The molecule has 0 atom stereocenters. The van der Waals surface area contributed by atoms with Gasteiger partial charge in [-0.15, -0.1) is 0 Å². The third kappa shape index (κ3) is 4.71. The molecule has 0 aromatic heterocycles. The fourth-order valence-electron chi connectivity index (χ4n) is 2.76. The first-order valence-corrected chi connectivity index (χ1v) is 8.47. The Labute approximate surface area is 143 Å². The van der Waals surface area contributed by atoms with E-state index in [-0.39, 0.29) is 17.2 Å². The van der Waals surface area contributed by atoms with Gasteiger partial charge in [0.1, 0.15) is 0 Å². The normalized spacial score (nSPS) is 16.2. The SMILES string of the molecule is CC(C)(C)C(=O)N1CCCN(C(=O)Cc2ccccc2Cl)CC1. The Morgan fingerprint density at radius 3 is 2.30 bits per heavy atom. The van der Waals surface area contributed by atoms with Crippen LogP contribution in [-0.4, -0.2) is 47.8 Å². The van der Waals surface area contributed by atoms with Crippen molar-refractivity contribution in [3.8, 4) is 0 Å². The smallest absolute Gasteiger partial charge is 0.228 e. The molecule has 5 heteroatoms. The van der Waals surface area contributed by atoms with Gasteiger partial charge in [-0.3, -0.25) is 9.59 Å². The van der Waals surface area contributed by atoms with Crippen molar-refractivity contribution in [2.45, 2.75) is 33.6 Å². The first kappa shape index (κ1) is 17.8. The van der Waals surface area contributed by atoms with Gasteiger partial charge in [0.25, 0.3) is 0 Å². The summed E-state index contributed by atoms with van der Waals surface area (Å²) in [6.45, 7) is 8.39. The van der Waals surface area contributed by atoms with E-state index in [4.69, 9.17) is 11.6 Å². The lowest BCUT2D eigenvalue weighted by atomic mass is 9.94. The van der Waals surface area contributed by atoms with E-state index in [1.54, 1.807) is 6.07 Å². The van der Waals surface area contributed by atoms with E-state index in [0.29, 0.717) is 37.6 Å². The molecule has 1 aliphatic heterocycles. The van der Waals surface area contributed by atoms with Crippen LogP contribution in [0.5, 0.6) is 0 Å². The zero-order valence-electron chi connectivity index (χ0n) is 14.1. The van der Waals surface area contributed by atoms with Crippen LogP contribution in [0.2, 0.25) is 5.02 Å². The molecule has 0 radical (unpaired) electrons. The monoisotopic (exact) mass is 336 g/mol. The van der Waals surface area contributed by atoms with E-state index in [1.807, 2.05) is 48.8 Å². The summed E-state index contributed by atoms with van der Waals surface area (Å²) in [5.41, 5.74) is 0.475. The average Bonchev–Trinajstić information content (AvgIpc) is 2.73. The molecule has 0 bridgehead atoms. The summed E-state index contributed by atoms with van der Waals surface area (Å²) >= 11 is 6.13. The van der Waals surface area contributed by atoms with Crippen molar-refractivity contribution < 1.29 is 9.59 Å². The maximum atomic E-state index is 12.5. The molecule has 1 saturated heterocycles. The third-order valence-electron chi connectivity index (χ3n) is 4.08. The highest BCUT2D eigenvalue weighted by Gasteiger charge is 2.29. The molecule has 0 saturated carbocycles. The number of hydrogen-bond donors (Lipinski definition) is 0. The van der Waals surface area contributed by atoms with Crippen molar-refractivity contribution in [1.82, 2.24) is 9.80 Å². The molecule has 2 rings (SSSR count). The fraction of sp³-hybridized carbons (Fsp3) is 0.556. The molecule has 0 unspecified atom stereocenters. The number of benzene rings is 1. The summed E-state index contributed by atoms with van der Waals surface area (Å²) in [6, 6.07) is 7.43. The average molecular weight is 337 g/mol. The predicted molar refractivity (Wildman–Crippen MR) is 92.4 cm³/mol. The Morgan fingerprint density at radius 1 is 1.04 bits per heavy atom. The quantitative estimate of drug-likeness (QED) is 0.833. The number of nitrogens with zero attached hydrogens (tertiary/aromatic N) is 2. The van der Waals surface area contributed by atoms with Gasteiger partial charge in [0.15, 0.2) is 0 Å². The van der Waals surface area contributed by atoms with Crippen LogP contribution < -0.4 is 0 Å². The Kier molecular flexibility index (Phi) is 5.69. The highest BCUT2D eigenvalue weighted by atomic mass is 35.5. The van der Waals surface area contributed by atoms with E-state index in [1.165, 1.54) is 0 Å². The molecule has 2 amide bonds. The van der Waals surface area contributed by atoms with Crippen molar-refractivity contribution in [2.24, 2.45) is 5.41 Å². The molecule has 0 aliphatic carbocycles. The highest BCUT2D eigenvalue weighted by Crippen LogP contribution is 2.20. The number of amides is 2. The molecule has 0 N–H and O–H groups in total. The third-order valence-corrected chi connectivity index (χ3v) is 4.45. The Balaban J connectivity index is 1.96. The van der Waals surface area contributed by atoms with Gasteiger partial charge >= 0.3 is 0 Å². The summed E-state index contributed by atoms with van der Waals surface area (Å²) < 4.78 is 0. The van der Waals surface area contributed by atoms with E-state index < -0.39 is 0 Å². The van der Waals surface area contributed by atoms with Gasteiger partial charge in [-0.1, -0.05) is 50.6 Å². The van der Waals surface area contributed by atoms with Crippen molar-refractivity contribution in [1.29, 1.82) is 0 Å². The summed E-state index contributed by atoms with van der Waals surface area (Å²) in [6.07, 6.45) is 1.13. The van der Waals surface area contributed by atoms with Gasteiger partial charge in [-0.05, 0) is 18.1 Å². The standard InChI is InChI=1S/C18H25ClN2O2/c1-18(2,3)17(23)21-10-6-9-20(11-12-21)16(22)13-14-7-4-5-8-15(14)19/h4-5,7-8H,6,9-13H2,1-3H3. The first-order valence-electron chi connectivity index (χ1n) is 8.09. The molecule has 1 aliphatic rings. The molecule has 1 heterocycles. The van der Waals surface area contributed by atoms with E-state index in [9.17, 15) is 9.59 Å². The topological polar surface area (TPSA) is 40.6 Å². The van der Waals surface area contributed by atoms with Crippen LogP contribution in [0.4, 0.5) is 0 Å². The van der Waals surface area contributed by atoms with E-state index in [2.05, 4.69) is 0 Å². The molecular formula is C18H25ClN2O2. The van der Waals surface area contributed by atoms with Gasteiger partial charge in [0.05, 0.1) is 6.42 Å². The lowest BCUT2D eigenvalue weighted by molar-refractivity contribution is -0.139. The molecule has 4 nitrogen and oxygen atoms in total. The van der Waals surface area contributed by atoms with Gasteiger partial charge in [-0.2, -0.15) is 0 Å². The second-order valence-electron chi connectivity index (χ2n) is 7.04. The Morgan fingerprint density at radius 2 is 1.65 bits per heavy atom. The summed E-state index contributed by atoms with van der Waals surface area (Å²) in [7, 11) is 0. The van der Waals surface area contributed by atoms with Gasteiger partial charge in [-0.25, -0.2) is 0 Å². The van der Waals surface area contributed by atoms with Crippen LogP contribution in [0.3, 0.4) is 0 Å². The molecule has 1 fully saturated rings. The van der Waals surface area contributed by atoms with Gasteiger partial charge < -0.3 is 9.80 Å². The molecule has 1 aromatic rings. The summed E-state index contributed by atoms with van der Waals surface area (Å²) in [5.74, 6) is 0.223. The summed E-state index contributed by atoms with van der Waals surface area (Å²) in [4.78, 5) is 28.6. The van der Waals surface area contributed by atoms with Crippen molar-refractivity contribution in [2.75, 3.05) is 26.2 Å². The second-order valence-corrected chi connectivity index (χ2v) is 7.45. The maximum absolute atomic E-state index is 12.5. The van der Waals surface area contributed by atoms with Crippen LogP contribution in [0.15, 0.2) is 24.3 Å². The minimum Gasteiger partial charge on any atom is -0.341 e. The number of carbonyl (C=O) groups excluding carboxylic acids is 2. The number of halogens is 1. The Bertz CT molecular complexity index is 581. The minimum atomic E-state index is -0.378. The number of hydrogen-bond acceptors (Lipinski definition) is 2. The fourth-order valence-corrected chi connectivity index (χ4v) is 2.96. The summed E-state index contributed by atoms with van der Waals surface area (Å²) in [5, 5.41) is 0.625. The largest absolute Gasteiger partial charge is 0.341 e. The van der Waals surface area contributed by atoms with Crippen LogP contribution in [0, 0.1) is 5.41 Å². The van der Waals surface area contributed by atoms with Crippen LogP contribution in [0.25, 0.3) is 0 Å². The highest BCUT2D eigenvalue weighted by molar-refractivity contribution is 6.31. The lowest BCUT2D eigenvalue weighted by Gasteiger charge is -2.28. The van der Waals surface area contributed by atoms with Crippen molar-refractivity contribution >= 4 is 23.4 Å². The number of rotatable bonds is 2. The predicted octanol–water partition coefficient (Wildman–Crippen LogP) is 2.99. The van der Waals surface area contributed by atoms with Gasteiger partial charge in [0, 0.05) is 36.6 Å². The number of carbonyl (C=O) groups is 2. The Hall–Kier alpha value is -1.55. The van der Waals surface area contributed by atoms with Crippen molar-refractivity contribution in [3.05, 3.63) is 34.9 Å². The molecule has 23 heavy (non-hydrogen) atoms. The first-order chi connectivity index (χ1) is 10.8. The molecule has 126 valence electrons. The lowest BCUT2D eigenvalue weighted by Crippen LogP contribution is -2.42. The van der Waals surface area contributed by atoms with Crippen LogP contribution in [0.1, 0.15) is 32.8 Å². The minimum absolute atomic E-state index is 0.0724. The van der Waals surface area contributed by atoms with Crippen LogP contribution in [-0.2, 0) is 16.0 Å². The van der Waals surface area contributed by atoms with E-state index >= 15 is 0 Å². The second kappa shape index (κ2) is 7.35. The zero-order chi connectivity index (χ0) is 17.0. The molecule has 1 aromatic carbocycles. The molecular weight excluding hydrogens is 312 g/mol. The maximum Gasteiger partial charge on any atom is 0.228 e. The van der Waals surface area contributed by atoms with Crippen LogP contribution >= 0.6 is 11.6 Å². The van der Waals surface area contributed by atoms with E-state index in [0.717, 1.165) is 12.0 Å². The van der Waals surface area contributed by atoms with Gasteiger partial charge in [0.2, 0.25) is 11.8 Å². The molecule has 0 spiro atoms.